The Morgan fingerprint density at radius 1 is 1.04 bits per heavy atom. The predicted octanol–water partition coefficient (Wildman–Crippen LogP) is 1.54. The van der Waals surface area contributed by atoms with Gasteiger partial charge in [0.05, 0.1) is 17.9 Å². The van der Waals surface area contributed by atoms with Crippen molar-refractivity contribution in [1.82, 2.24) is 10.2 Å². The number of hydrogen-bond acceptors (Lipinski definition) is 3. The lowest BCUT2D eigenvalue weighted by Gasteiger charge is -2.35. The zero-order valence-electron chi connectivity index (χ0n) is 13.6. The first-order valence-electron chi connectivity index (χ1n) is 8.82. The van der Waals surface area contributed by atoms with Gasteiger partial charge in [-0.05, 0) is 38.5 Å². The Hall–Kier alpha value is -1.59. The molecule has 1 atom stereocenters. The maximum atomic E-state index is 12.7. The van der Waals surface area contributed by atoms with Crippen molar-refractivity contribution in [3.8, 4) is 0 Å². The Morgan fingerprint density at radius 3 is 2.35 bits per heavy atom. The third kappa shape index (κ3) is 3.85. The van der Waals surface area contributed by atoms with E-state index < -0.39 is 11.5 Å². The molecule has 3 rings (SSSR count). The molecule has 6 heteroatoms. The lowest BCUT2D eigenvalue weighted by molar-refractivity contribution is -0.139. The van der Waals surface area contributed by atoms with Gasteiger partial charge in [-0.2, -0.15) is 0 Å². The molecule has 23 heavy (non-hydrogen) atoms. The summed E-state index contributed by atoms with van der Waals surface area (Å²) in [5, 5.41) is 12.2. The average Bonchev–Trinajstić information content (AvgIpc) is 3.28. The third-order valence-corrected chi connectivity index (χ3v) is 5.47. The van der Waals surface area contributed by atoms with E-state index in [-0.39, 0.29) is 30.1 Å². The summed E-state index contributed by atoms with van der Waals surface area (Å²) < 4.78 is 0. The van der Waals surface area contributed by atoms with Gasteiger partial charge in [0.15, 0.2) is 0 Å². The van der Waals surface area contributed by atoms with Crippen LogP contribution in [-0.4, -0.2) is 46.4 Å². The molecule has 0 aromatic rings. The Morgan fingerprint density at radius 2 is 1.74 bits per heavy atom. The van der Waals surface area contributed by atoms with Crippen LogP contribution < -0.4 is 5.32 Å². The maximum absolute atomic E-state index is 12.7. The maximum Gasteiger partial charge on any atom is 0.305 e. The zero-order chi connectivity index (χ0) is 16.4. The van der Waals surface area contributed by atoms with Crippen LogP contribution in [0.15, 0.2) is 0 Å². The molecule has 2 amide bonds. The van der Waals surface area contributed by atoms with E-state index in [1.54, 1.807) is 0 Å². The minimum absolute atomic E-state index is 0.00379. The highest BCUT2D eigenvalue weighted by molar-refractivity contribution is 5.84. The number of nitrogens with zero attached hydrogens (tertiary/aromatic N) is 1. The highest BCUT2D eigenvalue weighted by Crippen LogP contribution is 2.34. The number of carboxylic acid groups (broad SMARTS) is 1. The molecule has 0 spiro atoms. The van der Waals surface area contributed by atoms with Gasteiger partial charge in [-0.15, -0.1) is 0 Å². The van der Waals surface area contributed by atoms with Gasteiger partial charge < -0.3 is 15.3 Å². The first kappa shape index (κ1) is 16.3. The molecule has 1 saturated heterocycles. The molecule has 2 aliphatic carbocycles. The van der Waals surface area contributed by atoms with Crippen molar-refractivity contribution < 1.29 is 19.5 Å². The van der Waals surface area contributed by atoms with E-state index in [1.165, 1.54) is 0 Å². The van der Waals surface area contributed by atoms with E-state index in [2.05, 4.69) is 5.32 Å². The Labute approximate surface area is 136 Å². The summed E-state index contributed by atoms with van der Waals surface area (Å²) in [6.07, 6.45) is 6.99. The van der Waals surface area contributed by atoms with Crippen molar-refractivity contribution in [2.75, 3.05) is 13.1 Å². The first-order valence-corrected chi connectivity index (χ1v) is 8.82. The number of carbonyl (C=O) groups excluding carboxylic acids is 2. The highest BCUT2D eigenvalue weighted by atomic mass is 16.4. The average molecular weight is 322 g/mol. The Balaban J connectivity index is 1.60. The van der Waals surface area contributed by atoms with Crippen molar-refractivity contribution >= 4 is 17.8 Å². The van der Waals surface area contributed by atoms with Crippen molar-refractivity contribution in [2.24, 2.45) is 11.8 Å². The van der Waals surface area contributed by atoms with Gasteiger partial charge in [-0.25, -0.2) is 0 Å². The smallest absolute Gasteiger partial charge is 0.305 e. The molecule has 3 aliphatic rings. The lowest BCUT2D eigenvalue weighted by atomic mass is 9.90. The number of rotatable bonds is 5. The van der Waals surface area contributed by atoms with Crippen LogP contribution in [0.25, 0.3) is 0 Å². The molecule has 1 heterocycles. The number of piperidine rings is 1. The van der Waals surface area contributed by atoms with Gasteiger partial charge in [0.1, 0.15) is 0 Å². The standard InChI is InChI=1S/C17H26N2O4/c20-14(21)10-17(7-1-2-8-17)18-15(22)13-4-3-9-19(11-13)16(23)12-5-6-12/h12-13H,1-11H2,(H,18,22)(H,20,21). The SMILES string of the molecule is O=C(O)CC1(NC(=O)C2CCCN(C(=O)C3CC3)C2)CCCC1. The third-order valence-electron chi connectivity index (χ3n) is 5.47. The summed E-state index contributed by atoms with van der Waals surface area (Å²) in [7, 11) is 0. The molecule has 1 aliphatic heterocycles. The quantitative estimate of drug-likeness (QED) is 0.804. The van der Waals surface area contributed by atoms with Gasteiger partial charge in [-0.1, -0.05) is 12.8 Å². The molecule has 3 fully saturated rings. The van der Waals surface area contributed by atoms with Gasteiger partial charge >= 0.3 is 5.97 Å². The molecule has 2 saturated carbocycles. The molecule has 1 unspecified atom stereocenters. The van der Waals surface area contributed by atoms with E-state index in [0.29, 0.717) is 6.54 Å². The summed E-state index contributed by atoms with van der Waals surface area (Å²) >= 11 is 0. The fourth-order valence-electron chi connectivity index (χ4n) is 4.03. The predicted molar refractivity (Wildman–Crippen MR) is 83.6 cm³/mol. The van der Waals surface area contributed by atoms with Crippen LogP contribution in [0.4, 0.5) is 0 Å². The first-order chi connectivity index (χ1) is 11.0. The summed E-state index contributed by atoms with van der Waals surface area (Å²) in [5.74, 6) is -0.742. The van der Waals surface area contributed by atoms with Crippen molar-refractivity contribution in [3.05, 3.63) is 0 Å². The number of hydrogen-bond donors (Lipinski definition) is 2. The second-order valence-corrected chi connectivity index (χ2v) is 7.44. The number of nitrogens with one attached hydrogen (secondary N) is 1. The highest BCUT2D eigenvalue weighted by Gasteiger charge is 2.41. The largest absolute Gasteiger partial charge is 0.481 e. The fraction of sp³-hybridized carbons (Fsp3) is 0.824. The van der Waals surface area contributed by atoms with Crippen LogP contribution in [0, 0.1) is 11.8 Å². The molecule has 0 aromatic heterocycles. The van der Waals surface area contributed by atoms with Gasteiger partial charge in [0.25, 0.3) is 0 Å². The second-order valence-electron chi connectivity index (χ2n) is 7.44. The second kappa shape index (κ2) is 6.49. The van der Waals surface area contributed by atoms with Crippen LogP contribution in [0.2, 0.25) is 0 Å². The van der Waals surface area contributed by atoms with E-state index in [4.69, 9.17) is 5.11 Å². The van der Waals surface area contributed by atoms with Crippen LogP contribution >= 0.6 is 0 Å². The molecule has 0 bridgehead atoms. The Kier molecular flexibility index (Phi) is 4.60. The minimum atomic E-state index is -0.860. The molecular formula is C17H26N2O4. The monoisotopic (exact) mass is 322 g/mol. The summed E-state index contributed by atoms with van der Waals surface area (Å²) in [6.45, 7) is 1.24. The summed E-state index contributed by atoms with van der Waals surface area (Å²) in [6, 6.07) is 0. The van der Waals surface area contributed by atoms with Gasteiger partial charge in [0, 0.05) is 19.0 Å². The van der Waals surface area contributed by atoms with Gasteiger partial charge in [0.2, 0.25) is 11.8 Å². The van der Waals surface area contributed by atoms with Crippen molar-refractivity contribution in [1.29, 1.82) is 0 Å². The van der Waals surface area contributed by atoms with Gasteiger partial charge in [-0.3, -0.25) is 14.4 Å². The van der Waals surface area contributed by atoms with Crippen molar-refractivity contribution in [2.45, 2.75) is 63.3 Å². The summed E-state index contributed by atoms with van der Waals surface area (Å²) in [4.78, 5) is 37.8. The molecule has 128 valence electrons. The number of carboxylic acids is 1. The lowest BCUT2D eigenvalue weighted by Crippen LogP contribution is -2.53. The minimum Gasteiger partial charge on any atom is -0.481 e. The van der Waals surface area contributed by atoms with Crippen molar-refractivity contribution in [3.63, 3.8) is 0 Å². The Bertz CT molecular complexity index is 495. The zero-order valence-corrected chi connectivity index (χ0v) is 13.6. The number of aliphatic carboxylic acids is 1. The fourth-order valence-corrected chi connectivity index (χ4v) is 4.03. The molecule has 0 aromatic carbocycles. The van der Waals surface area contributed by atoms with E-state index in [1.807, 2.05) is 4.90 Å². The van der Waals surface area contributed by atoms with Crippen LogP contribution in [0.5, 0.6) is 0 Å². The van der Waals surface area contributed by atoms with Crippen LogP contribution in [-0.2, 0) is 14.4 Å². The molecule has 2 N–H and O–H groups in total. The van der Waals surface area contributed by atoms with E-state index in [9.17, 15) is 14.4 Å². The molecular weight excluding hydrogens is 296 g/mol. The number of likely N-dealkylation sites (tertiary alicyclic amines) is 1. The number of amides is 2. The molecule has 0 radical (unpaired) electrons. The van der Waals surface area contributed by atoms with Crippen LogP contribution in [0.3, 0.4) is 0 Å². The number of carbonyl (C=O) groups is 3. The van der Waals surface area contributed by atoms with E-state index in [0.717, 1.165) is 57.9 Å². The summed E-state index contributed by atoms with van der Waals surface area (Å²) in [5.41, 5.74) is -0.578. The normalized spacial score (nSPS) is 26.8. The van der Waals surface area contributed by atoms with E-state index >= 15 is 0 Å². The molecule has 6 nitrogen and oxygen atoms in total. The van der Waals surface area contributed by atoms with Crippen LogP contribution in [0.1, 0.15) is 57.8 Å². The topological polar surface area (TPSA) is 86.7 Å².